The van der Waals surface area contributed by atoms with E-state index in [0.29, 0.717) is 79.0 Å². The highest BCUT2D eigenvalue weighted by Crippen LogP contribution is 2.46. The van der Waals surface area contributed by atoms with Crippen LogP contribution in [0.4, 0.5) is 52.7 Å². The largest absolute Gasteiger partial charge is 0.416 e. The van der Waals surface area contributed by atoms with Gasteiger partial charge in [0.2, 0.25) is 0 Å². The van der Waals surface area contributed by atoms with E-state index in [1.165, 1.54) is 24.3 Å². The second-order valence-electron chi connectivity index (χ2n) is 18.8. The summed E-state index contributed by atoms with van der Waals surface area (Å²) < 4.78 is 174. The van der Waals surface area contributed by atoms with Gasteiger partial charge in [0, 0.05) is 32.7 Å². The summed E-state index contributed by atoms with van der Waals surface area (Å²) in [6.45, 7) is 0. The van der Waals surface area contributed by atoms with Gasteiger partial charge in [0.05, 0.1) is 72.9 Å². The fourth-order valence-corrected chi connectivity index (χ4v) is 10.2. The molecular formula is C62H32F12N6. The van der Waals surface area contributed by atoms with Crippen LogP contribution in [0, 0.1) is 11.3 Å². The number of nitrogens with zero attached hydrogens (tertiary/aromatic N) is 6. The minimum Gasteiger partial charge on any atom is -0.308 e. The summed E-state index contributed by atoms with van der Waals surface area (Å²) in [6, 6.07) is 48.9. The van der Waals surface area contributed by atoms with Crippen molar-refractivity contribution in [3.05, 3.63) is 222 Å². The first-order chi connectivity index (χ1) is 38.1. The third-order valence-corrected chi connectivity index (χ3v) is 13.8. The zero-order valence-electron chi connectivity index (χ0n) is 40.7. The number of hydrogen-bond acceptors (Lipinski definition) is 4. The van der Waals surface area contributed by atoms with Crippen LogP contribution in [0.5, 0.6) is 0 Å². The first-order valence-corrected chi connectivity index (χ1v) is 24.2. The molecule has 0 radical (unpaired) electrons. The number of hydrogen-bond donors (Lipinski definition) is 0. The lowest BCUT2D eigenvalue weighted by atomic mass is 9.97. The molecule has 12 rings (SSSR count). The molecule has 3 aromatic heterocycles. The first kappa shape index (κ1) is 51.0. The summed E-state index contributed by atoms with van der Waals surface area (Å²) in [4.78, 5) is 15.2. The Labute approximate surface area is 444 Å². The summed E-state index contributed by atoms with van der Waals surface area (Å²) in [5, 5.41) is 12.8. The van der Waals surface area contributed by atoms with Crippen LogP contribution < -0.4 is 0 Å². The summed E-state index contributed by atoms with van der Waals surface area (Å²) in [6.07, 6.45) is -20.5. The lowest BCUT2D eigenvalue weighted by molar-refractivity contribution is -0.144. The SMILES string of the molecule is N#Cc1cc(-n2c3ccccc3c3cc(-c4cc(C(F)(F)F)cc(C(F)(F)F)c4)ccc32)c(-c2nc(-c3ccccc3)nc(-c3ccccc3)n2)c(-n2c3ccccc3c3cc(-c4cc(C(F)(F)F)cc(C(F)(F)F)c4)ccc32)c1. The van der Waals surface area contributed by atoms with Crippen molar-refractivity contribution >= 4 is 43.6 Å². The number of alkyl halides is 12. The summed E-state index contributed by atoms with van der Waals surface area (Å²) in [5.41, 5.74) is -2.81. The van der Waals surface area contributed by atoms with Crippen molar-refractivity contribution in [3.63, 3.8) is 0 Å². The third kappa shape index (κ3) is 9.09. The third-order valence-electron chi connectivity index (χ3n) is 13.8. The van der Waals surface area contributed by atoms with Gasteiger partial charge in [-0.1, -0.05) is 109 Å². The quantitative estimate of drug-likeness (QED) is 0.149. The van der Waals surface area contributed by atoms with E-state index in [1.807, 2.05) is 12.1 Å². The van der Waals surface area contributed by atoms with Gasteiger partial charge >= 0.3 is 24.7 Å². The van der Waals surface area contributed by atoms with Crippen LogP contribution in [-0.4, -0.2) is 24.1 Å². The molecule has 394 valence electrons. The molecule has 0 amide bonds. The van der Waals surface area contributed by atoms with Crippen LogP contribution in [0.1, 0.15) is 27.8 Å². The van der Waals surface area contributed by atoms with E-state index in [9.17, 15) is 57.9 Å². The Bertz CT molecular complexity index is 4150. The summed E-state index contributed by atoms with van der Waals surface area (Å²) in [7, 11) is 0. The first-order valence-electron chi connectivity index (χ1n) is 24.2. The number of rotatable bonds is 7. The maximum absolute atomic E-state index is 14.2. The van der Waals surface area contributed by atoms with Crippen molar-refractivity contribution in [2.24, 2.45) is 0 Å². The molecule has 0 spiro atoms. The Hall–Kier alpha value is -9.76. The molecule has 80 heavy (non-hydrogen) atoms. The van der Waals surface area contributed by atoms with Gasteiger partial charge in [0.15, 0.2) is 17.5 Å². The molecule has 6 nitrogen and oxygen atoms in total. The lowest BCUT2D eigenvalue weighted by Gasteiger charge is -2.20. The molecule has 0 saturated heterocycles. The van der Waals surface area contributed by atoms with Gasteiger partial charge in [0.25, 0.3) is 0 Å². The van der Waals surface area contributed by atoms with Crippen molar-refractivity contribution in [3.8, 4) is 73.9 Å². The second kappa shape index (κ2) is 18.7. The highest BCUT2D eigenvalue weighted by Gasteiger charge is 2.39. The standard InChI is InChI=1S/C62H32F12N6/c63-59(64,65)41-25-39(26-42(31-41)60(66,67)68)37-19-21-51-47(29-37)45-15-7-9-17-49(45)79(51)53-23-34(33-75)24-54(55(53)58-77-56(35-11-3-1-4-12-35)76-57(78-58)36-13-5-2-6-14-36)80-50-18-10-8-16-46(50)48-30-38(20-22-52(48)80)40-27-43(61(69,70)71)32-44(28-40)62(72,73)74/h1-32H. The zero-order chi connectivity index (χ0) is 56.0. The van der Waals surface area contributed by atoms with Crippen LogP contribution in [0.25, 0.3) is 111 Å². The van der Waals surface area contributed by atoms with E-state index in [4.69, 9.17) is 15.0 Å². The van der Waals surface area contributed by atoms with Crippen molar-refractivity contribution in [1.29, 1.82) is 5.26 Å². The molecule has 0 bridgehead atoms. The van der Waals surface area contributed by atoms with E-state index in [1.54, 1.807) is 130 Å². The highest BCUT2D eigenvalue weighted by atomic mass is 19.4. The van der Waals surface area contributed by atoms with E-state index in [2.05, 4.69) is 6.07 Å². The van der Waals surface area contributed by atoms with Gasteiger partial charge in [-0.05, 0) is 107 Å². The van der Waals surface area contributed by atoms with E-state index in [-0.39, 0.29) is 74.4 Å². The monoisotopic (exact) mass is 1090 g/mol. The molecule has 0 N–H and O–H groups in total. The molecule has 18 heteroatoms. The molecule has 12 aromatic rings. The van der Waals surface area contributed by atoms with Gasteiger partial charge < -0.3 is 9.13 Å². The Morgan fingerprint density at radius 1 is 0.312 bits per heavy atom. The van der Waals surface area contributed by atoms with Crippen molar-refractivity contribution in [2.75, 3.05) is 0 Å². The molecule has 9 aromatic carbocycles. The molecule has 0 atom stereocenters. The lowest BCUT2D eigenvalue weighted by Crippen LogP contribution is -2.11. The number of halogens is 12. The maximum Gasteiger partial charge on any atom is 0.416 e. The average Bonchev–Trinajstić information content (AvgIpc) is 3.34. The van der Waals surface area contributed by atoms with Crippen LogP contribution in [0.3, 0.4) is 0 Å². The number of para-hydroxylation sites is 2. The van der Waals surface area contributed by atoms with E-state index < -0.39 is 47.0 Å². The van der Waals surface area contributed by atoms with Gasteiger partial charge in [-0.15, -0.1) is 0 Å². The highest BCUT2D eigenvalue weighted by molar-refractivity contribution is 6.13. The minimum atomic E-state index is -5.12. The predicted molar refractivity (Wildman–Crippen MR) is 280 cm³/mol. The van der Waals surface area contributed by atoms with Gasteiger partial charge in [0.1, 0.15) is 0 Å². The predicted octanol–water partition coefficient (Wildman–Crippen LogP) is 18.3. The van der Waals surface area contributed by atoms with Crippen LogP contribution in [0.15, 0.2) is 194 Å². The molecule has 0 unspecified atom stereocenters. The van der Waals surface area contributed by atoms with Crippen molar-refractivity contribution in [1.82, 2.24) is 24.1 Å². The molecule has 0 aliphatic rings. The van der Waals surface area contributed by atoms with Crippen molar-refractivity contribution in [2.45, 2.75) is 24.7 Å². The van der Waals surface area contributed by atoms with Crippen molar-refractivity contribution < 1.29 is 52.7 Å². The van der Waals surface area contributed by atoms with Crippen LogP contribution in [-0.2, 0) is 24.7 Å². The van der Waals surface area contributed by atoms with Gasteiger partial charge in [-0.2, -0.15) is 57.9 Å². The van der Waals surface area contributed by atoms with Gasteiger partial charge in [-0.25, -0.2) is 15.0 Å². The summed E-state index contributed by atoms with van der Waals surface area (Å²) >= 11 is 0. The number of aromatic nitrogens is 5. The molecular weight excluding hydrogens is 1060 g/mol. The normalized spacial score (nSPS) is 12.5. The Morgan fingerprint density at radius 2 is 0.650 bits per heavy atom. The Balaban J connectivity index is 1.19. The number of nitriles is 1. The maximum atomic E-state index is 14.2. The average molecular weight is 1090 g/mol. The fourth-order valence-electron chi connectivity index (χ4n) is 10.2. The minimum absolute atomic E-state index is 0.0329. The zero-order valence-corrected chi connectivity index (χ0v) is 40.7. The molecule has 0 saturated carbocycles. The molecule has 0 fully saturated rings. The van der Waals surface area contributed by atoms with Crippen LogP contribution >= 0.6 is 0 Å². The van der Waals surface area contributed by atoms with Crippen LogP contribution in [0.2, 0.25) is 0 Å². The Morgan fingerprint density at radius 3 is 1.01 bits per heavy atom. The second-order valence-corrected chi connectivity index (χ2v) is 18.8. The van der Waals surface area contributed by atoms with E-state index >= 15 is 0 Å². The number of benzene rings is 9. The van der Waals surface area contributed by atoms with E-state index in [0.717, 1.165) is 0 Å². The summed E-state index contributed by atoms with van der Waals surface area (Å²) in [5.74, 6) is 0.519. The van der Waals surface area contributed by atoms with Gasteiger partial charge in [-0.3, -0.25) is 0 Å². The molecule has 0 aliphatic carbocycles. The topological polar surface area (TPSA) is 72.3 Å². The molecule has 3 heterocycles. The molecule has 0 aliphatic heterocycles. The number of fused-ring (bicyclic) bond motifs is 6. The Kier molecular flexibility index (Phi) is 11.9. The smallest absolute Gasteiger partial charge is 0.308 e. The fraction of sp³-hybridized carbons (Fsp3) is 0.0645.